The van der Waals surface area contributed by atoms with Crippen LogP contribution in [0.25, 0.3) is 0 Å². The van der Waals surface area contributed by atoms with E-state index in [1.807, 2.05) is 24.3 Å². The third-order valence-corrected chi connectivity index (χ3v) is 8.77. The molecule has 4 atom stereocenters. The van der Waals surface area contributed by atoms with Gasteiger partial charge in [-0.15, -0.1) is 0 Å². The number of carbonyl (C=O) groups is 1. The van der Waals surface area contributed by atoms with Gasteiger partial charge in [-0.1, -0.05) is 18.6 Å². The summed E-state index contributed by atoms with van der Waals surface area (Å²) in [6, 6.07) is 9.08. The standard InChI is InChI=1S/C27H33F3N4O2S/c1-37(2,36)33-22-7-5-18(6-8-22)15-31-23-13-20-4-3-10-26(20,14-23)25(35)34-11-9-24-19(17-34)12-21(16-32-24)27(28,29)30/h5-8,12,16,20,23,31H,1,3-4,9-11,13-15,17H2,2H3,(H,33,36). The topological polar surface area (TPSA) is 74.3 Å². The highest BCUT2D eigenvalue weighted by Gasteiger charge is 2.56. The van der Waals surface area contributed by atoms with Crippen molar-refractivity contribution < 1.29 is 22.2 Å². The summed E-state index contributed by atoms with van der Waals surface area (Å²) in [5.74, 6) is 3.99. The number of alkyl halides is 3. The number of benzene rings is 1. The van der Waals surface area contributed by atoms with Gasteiger partial charge in [0.25, 0.3) is 0 Å². The summed E-state index contributed by atoms with van der Waals surface area (Å²) in [5, 5.41) is 3.62. The normalized spacial score (nSPS) is 26.9. The van der Waals surface area contributed by atoms with Crippen LogP contribution in [0, 0.1) is 11.3 Å². The van der Waals surface area contributed by atoms with Crippen LogP contribution in [0.4, 0.5) is 18.9 Å². The third-order valence-electron chi connectivity index (χ3n) is 8.10. The second-order valence-corrected chi connectivity index (χ2v) is 13.1. The first-order valence-electron chi connectivity index (χ1n) is 12.7. The Kier molecular flexibility index (Phi) is 6.77. The number of anilines is 1. The molecule has 3 aliphatic rings. The number of nitrogens with one attached hydrogen (secondary N) is 2. The molecule has 0 saturated heterocycles. The summed E-state index contributed by atoms with van der Waals surface area (Å²) in [4.78, 5) is 19.7. The number of nitrogens with zero attached hydrogens (tertiary/aromatic N) is 2. The van der Waals surface area contributed by atoms with Gasteiger partial charge < -0.3 is 14.9 Å². The van der Waals surface area contributed by atoms with Gasteiger partial charge in [0.1, 0.15) is 0 Å². The van der Waals surface area contributed by atoms with Crippen LogP contribution in [0.5, 0.6) is 0 Å². The molecule has 37 heavy (non-hydrogen) atoms. The van der Waals surface area contributed by atoms with Crippen molar-refractivity contribution in [3.63, 3.8) is 0 Å². The number of pyridine rings is 1. The molecule has 1 aliphatic heterocycles. The highest BCUT2D eigenvalue weighted by molar-refractivity contribution is 8.00. The van der Waals surface area contributed by atoms with E-state index in [0.29, 0.717) is 36.7 Å². The van der Waals surface area contributed by atoms with Crippen LogP contribution < -0.4 is 10.0 Å². The smallest absolute Gasteiger partial charge is 0.337 e. The predicted molar refractivity (Wildman–Crippen MR) is 139 cm³/mol. The lowest BCUT2D eigenvalue weighted by Crippen LogP contribution is -2.46. The number of carbonyl (C=O) groups excluding carboxylic acids is 1. The Bertz CT molecular complexity index is 1280. The summed E-state index contributed by atoms with van der Waals surface area (Å²) in [5.41, 5.74) is 1.81. The lowest BCUT2D eigenvalue weighted by atomic mass is 9.78. The van der Waals surface area contributed by atoms with Gasteiger partial charge in [0, 0.05) is 65.6 Å². The molecule has 2 heterocycles. The molecule has 2 fully saturated rings. The molecule has 2 saturated carbocycles. The van der Waals surface area contributed by atoms with Gasteiger partial charge in [0.15, 0.2) is 0 Å². The fraction of sp³-hybridized carbons (Fsp3) is 0.519. The Balaban J connectivity index is 1.24. The molecule has 0 bridgehead atoms. The summed E-state index contributed by atoms with van der Waals surface area (Å²) < 4.78 is 54.4. The van der Waals surface area contributed by atoms with Crippen LogP contribution in [0.15, 0.2) is 36.5 Å². The minimum Gasteiger partial charge on any atom is -0.337 e. The first-order chi connectivity index (χ1) is 17.4. The number of hydrogen-bond acceptors (Lipinski definition) is 4. The van der Waals surface area contributed by atoms with E-state index < -0.39 is 26.9 Å². The maximum atomic E-state index is 13.9. The fourth-order valence-electron chi connectivity index (χ4n) is 6.42. The summed E-state index contributed by atoms with van der Waals surface area (Å²) >= 11 is 0. The molecule has 2 aliphatic carbocycles. The predicted octanol–water partition coefficient (Wildman–Crippen LogP) is 4.40. The van der Waals surface area contributed by atoms with E-state index >= 15 is 0 Å². The van der Waals surface area contributed by atoms with Crippen molar-refractivity contribution in [2.24, 2.45) is 11.3 Å². The van der Waals surface area contributed by atoms with E-state index in [1.54, 1.807) is 11.2 Å². The average Bonchev–Trinajstić information content (AvgIpc) is 3.39. The zero-order chi connectivity index (χ0) is 26.4. The van der Waals surface area contributed by atoms with Gasteiger partial charge in [-0.2, -0.15) is 13.2 Å². The Morgan fingerprint density at radius 2 is 2.05 bits per heavy atom. The van der Waals surface area contributed by atoms with Crippen molar-refractivity contribution in [2.45, 2.75) is 63.8 Å². The van der Waals surface area contributed by atoms with Crippen molar-refractivity contribution in [1.29, 1.82) is 0 Å². The van der Waals surface area contributed by atoms with E-state index in [-0.39, 0.29) is 18.5 Å². The van der Waals surface area contributed by atoms with Crippen LogP contribution in [-0.4, -0.2) is 44.7 Å². The highest BCUT2D eigenvalue weighted by atomic mass is 32.2. The van der Waals surface area contributed by atoms with Crippen LogP contribution in [0.1, 0.15) is 54.5 Å². The summed E-state index contributed by atoms with van der Waals surface area (Å²) in [6.07, 6.45) is 3.00. The molecule has 10 heteroatoms. The molecule has 200 valence electrons. The largest absolute Gasteiger partial charge is 0.417 e. The number of fused-ring (bicyclic) bond motifs is 2. The molecule has 1 aromatic carbocycles. The van der Waals surface area contributed by atoms with E-state index in [0.717, 1.165) is 55.6 Å². The molecule has 1 amide bonds. The lowest BCUT2D eigenvalue weighted by molar-refractivity contribution is -0.144. The molecule has 0 radical (unpaired) electrons. The molecule has 4 unspecified atom stereocenters. The summed E-state index contributed by atoms with van der Waals surface area (Å²) in [6.45, 7) is 1.35. The van der Waals surface area contributed by atoms with Gasteiger partial charge in [-0.05, 0) is 66.8 Å². The van der Waals surface area contributed by atoms with Crippen LogP contribution >= 0.6 is 0 Å². The minimum absolute atomic E-state index is 0.0918. The van der Waals surface area contributed by atoms with Gasteiger partial charge in [0.05, 0.1) is 11.0 Å². The average molecular weight is 535 g/mol. The Morgan fingerprint density at radius 1 is 1.30 bits per heavy atom. The highest BCUT2D eigenvalue weighted by Crippen LogP contribution is 2.55. The second-order valence-electron chi connectivity index (χ2n) is 10.9. The van der Waals surface area contributed by atoms with E-state index in [2.05, 4.69) is 20.9 Å². The quantitative estimate of drug-likeness (QED) is 0.539. The molecule has 5 rings (SSSR count). The third kappa shape index (κ3) is 5.50. The molecule has 2 N–H and O–H groups in total. The minimum atomic E-state index is -4.45. The lowest BCUT2D eigenvalue weighted by Gasteiger charge is -2.37. The number of hydrogen-bond donors (Lipinski definition) is 2. The maximum Gasteiger partial charge on any atom is 0.417 e. The monoisotopic (exact) mass is 534 g/mol. The van der Waals surface area contributed by atoms with Gasteiger partial charge in [-0.25, -0.2) is 4.21 Å². The Morgan fingerprint density at radius 3 is 2.76 bits per heavy atom. The summed E-state index contributed by atoms with van der Waals surface area (Å²) in [7, 11) is -2.33. The van der Waals surface area contributed by atoms with Gasteiger partial charge in [0.2, 0.25) is 5.91 Å². The number of halogens is 3. The van der Waals surface area contributed by atoms with Gasteiger partial charge in [-0.3, -0.25) is 9.78 Å². The Hall–Kier alpha value is -2.59. The van der Waals surface area contributed by atoms with E-state index in [4.69, 9.17) is 0 Å². The van der Waals surface area contributed by atoms with Crippen LogP contribution in [0.2, 0.25) is 0 Å². The Labute approximate surface area is 216 Å². The zero-order valence-corrected chi connectivity index (χ0v) is 21.8. The van der Waals surface area contributed by atoms with Gasteiger partial charge >= 0.3 is 6.18 Å². The number of aromatic nitrogens is 1. The van der Waals surface area contributed by atoms with Crippen molar-refractivity contribution in [3.05, 3.63) is 58.9 Å². The molecular weight excluding hydrogens is 501 g/mol. The molecule has 2 aromatic rings. The SMILES string of the molecule is C=S(C)(=O)Nc1ccc(CNC2CC3CCCC3(C(=O)N3CCc4ncc(C(F)(F)F)cc4C3)C2)cc1. The number of rotatable bonds is 6. The first-order valence-corrected chi connectivity index (χ1v) is 14.8. The van der Waals surface area contributed by atoms with Crippen molar-refractivity contribution in [3.8, 4) is 0 Å². The molecule has 0 spiro atoms. The van der Waals surface area contributed by atoms with Crippen LogP contribution in [-0.2, 0) is 40.2 Å². The van der Waals surface area contributed by atoms with E-state index in [1.165, 1.54) is 0 Å². The molecule has 6 nitrogen and oxygen atoms in total. The number of amides is 1. The first kappa shape index (κ1) is 26.0. The second kappa shape index (κ2) is 9.62. The maximum absolute atomic E-state index is 13.9. The van der Waals surface area contributed by atoms with Crippen molar-refractivity contribution in [1.82, 2.24) is 15.2 Å². The van der Waals surface area contributed by atoms with Crippen LogP contribution in [0.3, 0.4) is 0 Å². The fourth-order valence-corrected chi connectivity index (χ4v) is 7.05. The molecular formula is C27H33F3N4O2S. The zero-order valence-electron chi connectivity index (χ0n) is 20.9. The molecule has 1 aromatic heterocycles. The van der Waals surface area contributed by atoms with Crippen molar-refractivity contribution >= 4 is 27.2 Å². The van der Waals surface area contributed by atoms with E-state index in [9.17, 15) is 22.2 Å². The van der Waals surface area contributed by atoms with Crippen molar-refractivity contribution in [2.75, 3.05) is 17.5 Å².